The Morgan fingerprint density at radius 2 is 2.00 bits per heavy atom. The van der Waals surface area contributed by atoms with Gasteiger partial charge in [0.25, 0.3) is 0 Å². The molecule has 0 aliphatic rings. The molecule has 1 aromatic heterocycles. The Kier molecular flexibility index (Phi) is 5.25. The first-order valence-corrected chi connectivity index (χ1v) is 8.29. The molecule has 3 aromatic rings. The molecule has 8 heteroatoms. The highest BCUT2D eigenvalue weighted by Gasteiger charge is 2.12. The summed E-state index contributed by atoms with van der Waals surface area (Å²) < 4.78 is 6.85. The number of rotatable bonds is 6. The van der Waals surface area contributed by atoms with Crippen molar-refractivity contribution in [1.82, 2.24) is 20.2 Å². The second-order valence-corrected chi connectivity index (χ2v) is 6.06. The molecule has 0 unspecified atom stereocenters. The van der Waals surface area contributed by atoms with E-state index >= 15 is 0 Å². The van der Waals surface area contributed by atoms with Crippen molar-refractivity contribution >= 4 is 17.4 Å². The number of aromatic nitrogens is 4. The van der Waals surface area contributed by atoms with Gasteiger partial charge in [0.15, 0.2) is 5.78 Å². The minimum absolute atomic E-state index is 0.0619. The quantitative estimate of drug-likeness (QED) is 0.673. The Labute approximate surface area is 156 Å². The Hall–Kier alpha value is -3.55. The molecule has 0 aliphatic carbocycles. The van der Waals surface area contributed by atoms with Crippen LogP contribution in [-0.4, -0.2) is 39.0 Å². The molecule has 0 saturated heterocycles. The third-order valence-corrected chi connectivity index (χ3v) is 4.11. The molecule has 27 heavy (non-hydrogen) atoms. The maximum atomic E-state index is 12.5. The van der Waals surface area contributed by atoms with Gasteiger partial charge in [-0.2, -0.15) is 0 Å². The Morgan fingerprint density at radius 1 is 1.19 bits per heavy atom. The van der Waals surface area contributed by atoms with E-state index in [2.05, 4.69) is 20.8 Å². The van der Waals surface area contributed by atoms with E-state index in [4.69, 9.17) is 4.74 Å². The second kappa shape index (κ2) is 7.77. The summed E-state index contributed by atoms with van der Waals surface area (Å²) >= 11 is 0. The van der Waals surface area contributed by atoms with Crippen LogP contribution in [0.25, 0.3) is 5.69 Å². The van der Waals surface area contributed by atoms with E-state index in [-0.39, 0.29) is 18.1 Å². The number of hydrogen-bond donors (Lipinski definition) is 1. The van der Waals surface area contributed by atoms with E-state index in [1.165, 1.54) is 20.4 Å². The lowest BCUT2D eigenvalue weighted by Crippen LogP contribution is -2.15. The SMILES string of the molecule is COc1ccc(C(C)=O)cc1CC(=O)Nc1ccc(-n2cnnn2)c(C)c1. The Morgan fingerprint density at radius 3 is 2.63 bits per heavy atom. The molecule has 2 aromatic carbocycles. The van der Waals surface area contributed by atoms with E-state index in [0.29, 0.717) is 22.6 Å². The molecule has 1 N–H and O–H groups in total. The zero-order valence-corrected chi connectivity index (χ0v) is 15.3. The molecule has 8 nitrogen and oxygen atoms in total. The average Bonchev–Trinajstić information content (AvgIpc) is 3.16. The molecule has 0 radical (unpaired) electrons. The zero-order valence-electron chi connectivity index (χ0n) is 15.3. The van der Waals surface area contributed by atoms with Gasteiger partial charge in [0, 0.05) is 16.8 Å². The van der Waals surface area contributed by atoms with Gasteiger partial charge in [-0.15, -0.1) is 5.10 Å². The van der Waals surface area contributed by atoms with Crippen molar-refractivity contribution < 1.29 is 14.3 Å². The molecule has 0 atom stereocenters. The van der Waals surface area contributed by atoms with Crippen molar-refractivity contribution in [2.75, 3.05) is 12.4 Å². The maximum absolute atomic E-state index is 12.5. The topological polar surface area (TPSA) is 99.0 Å². The molecular formula is C19H19N5O3. The fraction of sp³-hybridized carbons (Fsp3) is 0.211. The summed E-state index contributed by atoms with van der Waals surface area (Å²) in [5.74, 6) is 0.303. The summed E-state index contributed by atoms with van der Waals surface area (Å²) in [6.07, 6.45) is 1.60. The normalized spacial score (nSPS) is 10.5. The highest BCUT2D eigenvalue weighted by molar-refractivity contribution is 5.96. The average molecular weight is 365 g/mol. The van der Waals surface area contributed by atoms with Gasteiger partial charge < -0.3 is 10.1 Å². The number of amides is 1. The van der Waals surface area contributed by atoms with Crippen LogP contribution in [0.4, 0.5) is 5.69 Å². The molecule has 0 bridgehead atoms. The predicted molar refractivity (Wildman–Crippen MR) is 99.2 cm³/mol. The number of ketones is 1. The molecule has 138 valence electrons. The number of nitrogens with zero attached hydrogens (tertiary/aromatic N) is 4. The van der Waals surface area contributed by atoms with Crippen LogP contribution in [-0.2, 0) is 11.2 Å². The summed E-state index contributed by atoms with van der Waals surface area (Å²) in [5, 5.41) is 14.0. The van der Waals surface area contributed by atoms with Crippen LogP contribution in [0.3, 0.4) is 0 Å². The minimum atomic E-state index is -0.205. The number of benzene rings is 2. The first-order valence-electron chi connectivity index (χ1n) is 8.29. The van der Waals surface area contributed by atoms with Crippen LogP contribution in [0.15, 0.2) is 42.7 Å². The van der Waals surface area contributed by atoms with Gasteiger partial charge in [0.1, 0.15) is 12.1 Å². The van der Waals surface area contributed by atoms with Gasteiger partial charge in [-0.05, 0) is 66.2 Å². The second-order valence-electron chi connectivity index (χ2n) is 6.06. The van der Waals surface area contributed by atoms with Crippen molar-refractivity contribution in [1.29, 1.82) is 0 Å². The van der Waals surface area contributed by atoms with E-state index in [0.717, 1.165) is 11.3 Å². The van der Waals surface area contributed by atoms with Gasteiger partial charge in [-0.3, -0.25) is 9.59 Å². The third-order valence-electron chi connectivity index (χ3n) is 4.11. The smallest absolute Gasteiger partial charge is 0.228 e. The molecule has 0 aliphatic heterocycles. The highest BCUT2D eigenvalue weighted by Crippen LogP contribution is 2.22. The van der Waals surface area contributed by atoms with Crippen LogP contribution < -0.4 is 10.1 Å². The lowest BCUT2D eigenvalue weighted by Gasteiger charge is -2.12. The lowest BCUT2D eigenvalue weighted by molar-refractivity contribution is -0.115. The van der Waals surface area contributed by atoms with Crippen LogP contribution in [0.2, 0.25) is 0 Å². The molecule has 1 amide bonds. The first-order chi connectivity index (χ1) is 13.0. The highest BCUT2D eigenvalue weighted by atomic mass is 16.5. The summed E-state index contributed by atoms with van der Waals surface area (Å²) in [4.78, 5) is 24.1. The van der Waals surface area contributed by atoms with Crippen molar-refractivity contribution in [3.63, 3.8) is 0 Å². The summed E-state index contributed by atoms with van der Waals surface area (Å²) in [6, 6.07) is 10.5. The zero-order chi connectivity index (χ0) is 19.4. The number of nitrogens with one attached hydrogen (secondary N) is 1. The van der Waals surface area contributed by atoms with Gasteiger partial charge in [-0.1, -0.05) is 0 Å². The summed E-state index contributed by atoms with van der Waals surface area (Å²) in [5.41, 5.74) is 3.60. The number of ether oxygens (including phenoxy) is 1. The van der Waals surface area contributed by atoms with Crippen LogP contribution in [0, 0.1) is 6.92 Å². The van der Waals surface area contributed by atoms with Crippen molar-refractivity contribution in [3.05, 3.63) is 59.4 Å². The predicted octanol–water partition coefficient (Wildman–Crippen LogP) is 2.36. The van der Waals surface area contributed by atoms with E-state index in [9.17, 15) is 9.59 Å². The maximum Gasteiger partial charge on any atom is 0.228 e. The van der Waals surface area contributed by atoms with Crippen LogP contribution in [0.1, 0.15) is 28.4 Å². The van der Waals surface area contributed by atoms with Crippen LogP contribution in [0.5, 0.6) is 5.75 Å². The fourth-order valence-electron chi connectivity index (χ4n) is 2.78. The number of hydrogen-bond acceptors (Lipinski definition) is 6. The number of tetrazole rings is 1. The van der Waals surface area contributed by atoms with E-state index < -0.39 is 0 Å². The van der Waals surface area contributed by atoms with Gasteiger partial charge in [0.2, 0.25) is 5.91 Å². The molecule has 0 saturated carbocycles. The lowest BCUT2D eigenvalue weighted by atomic mass is 10.0. The number of methoxy groups -OCH3 is 1. The van der Waals surface area contributed by atoms with E-state index in [1.807, 2.05) is 19.1 Å². The summed E-state index contributed by atoms with van der Waals surface area (Å²) in [6.45, 7) is 3.40. The number of carbonyl (C=O) groups is 2. The van der Waals surface area contributed by atoms with Crippen molar-refractivity contribution in [2.24, 2.45) is 0 Å². The fourth-order valence-corrected chi connectivity index (χ4v) is 2.78. The minimum Gasteiger partial charge on any atom is -0.496 e. The van der Waals surface area contributed by atoms with Gasteiger partial charge >= 0.3 is 0 Å². The van der Waals surface area contributed by atoms with E-state index in [1.54, 1.807) is 28.9 Å². The van der Waals surface area contributed by atoms with Crippen molar-refractivity contribution in [2.45, 2.75) is 20.3 Å². The molecule has 0 spiro atoms. The monoisotopic (exact) mass is 365 g/mol. The first kappa shape index (κ1) is 18.2. The molecule has 3 rings (SSSR count). The summed E-state index contributed by atoms with van der Waals surface area (Å²) in [7, 11) is 1.53. The van der Waals surface area contributed by atoms with Crippen molar-refractivity contribution in [3.8, 4) is 11.4 Å². The van der Waals surface area contributed by atoms with Crippen LogP contribution >= 0.6 is 0 Å². The molecular weight excluding hydrogens is 346 g/mol. The molecule has 0 fully saturated rings. The van der Waals surface area contributed by atoms with Gasteiger partial charge in [0.05, 0.1) is 19.2 Å². The number of anilines is 1. The Bertz CT molecular complexity index is 983. The number of Topliss-reactive ketones (excluding diaryl/α,β-unsaturated/α-hetero) is 1. The molecule has 1 heterocycles. The third kappa shape index (κ3) is 4.17. The van der Waals surface area contributed by atoms with Gasteiger partial charge in [-0.25, -0.2) is 4.68 Å². The largest absolute Gasteiger partial charge is 0.496 e. The number of carbonyl (C=O) groups excluding carboxylic acids is 2. The standard InChI is InChI=1S/C19H19N5O3/c1-12-8-16(5-6-17(12)24-11-20-22-23-24)21-19(26)10-15-9-14(13(2)25)4-7-18(15)27-3/h4-9,11H,10H2,1-3H3,(H,21,26). The number of aryl methyl sites for hydroxylation is 1. The Balaban J connectivity index is 1.75.